The molecule has 1 unspecified atom stereocenters. The molecule has 0 aromatic heterocycles. The summed E-state index contributed by atoms with van der Waals surface area (Å²) in [6, 6.07) is 7.31. The Balaban J connectivity index is 1.80. The normalized spacial score (nSPS) is 15.7. The summed E-state index contributed by atoms with van der Waals surface area (Å²) in [6.45, 7) is 5.56. The molecule has 0 saturated carbocycles. The van der Waals surface area contributed by atoms with E-state index in [1.54, 1.807) is 4.90 Å². The molecule has 1 aromatic rings. The number of fused-ring (bicyclic) bond motifs is 1. The Labute approximate surface area is 135 Å². The van der Waals surface area contributed by atoms with Gasteiger partial charge in [-0.1, -0.05) is 12.1 Å². The van der Waals surface area contributed by atoms with Gasteiger partial charge in [-0.05, 0) is 19.1 Å². The summed E-state index contributed by atoms with van der Waals surface area (Å²) in [5.74, 6) is 1.32. The van der Waals surface area contributed by atoms with Gasteiger partial charge in [-0.15, -0.1) is 0 Å². The van der Waals surface area contributed by atoms with E-state index in [9.17, 15) is 9.59 Å². The molecule has 2 N–H and O–H groups in total. The molecule has 2 rings (SSSR count). The largest absolute Gasteiger partial charge is 0.486 e. The van der Waals surface area contributed by atoms with Crippen LogP contribution in [0.2, 0.25) is 0 Å². The fraction of sp³-hybridized carbons (Fsp3) is 0.500. The Kier molecular flexibility index (Phi) is 6.08. The number of ether oxygens (including phenoxy) is 2. The summed E-state index contributed by atoms with van der Waals surface area (Å²) < 4.78 is 11.5. The van der Waals surface area contributed by atoms with E-state index in [0.29, 0.717) is 38.5 Å². The van der Waals surface area contributed by atoms with E-state index in [4.69, 9.17) is 9.47 Å². The Morgan fingerprint density at radius 3 is 2.61 bits per heavy atom. The number of hydrogen-bond acceptors (Lipinski definition) is 4. The number of para-hydroxylation sites is 2. The molecule has 0 radical (unpaired) electrons. The van der Waals surface area contributed by atoms with Crippen LogP contribution in [0.4, 0.5) is 4.79 Å². The number of carbonyl (C=O) groups is 2. The highest BCUT2D eigenvalue weighted by atomic mass is 16.6. The van der Waals surface area contributed by atoms with Crippen LogP contribution in [-0.2, 0) is 4.79 Å². The summed E-state index contributed by atoms with van der Waals surface area (Å²) in [5.41, 5.74) is 0. The molecule has 126 valence electrons. The number of amides is 3. The van der Waals surface area contributed by atoms with Crippen LogP contribution in [0.5, 0.6) is 11.5 Å². The van der Waals surface area contributed by atoms with E-state index in [2.05, 4.69) is 10.6 Å². The lowest BCUT2D eigenvalue weighted by Crippen LogP contribution is -2.48. The summed E-state index contributed by atoms with van der Waals surface area (Å²) in [7, 11) is 0. The van der Waals surface area contributed by atoms with E-state index in [-0.39, 0.29) is 18.0 Å². The number of nitrogens with one attached hydrogen (secondary N) is 2. The number of urea groups is 1. The highest BCUT2D eigenvalue weighted by Crippen LogP contribution is 2.30. The Morgan fingerprint density at radius 2 is 1.91 bits per heavy atom. The minimum Gasteiger partial charge on any atom is -0.486 e. The van der Waals surface area contributed by atoms with Crippen molar-refractivity contribution in [2.75, 3.05) is 32.8 Å². The van der Waals surface area contributed by atoms with Crippen LogP contribution in [0.1, 0.15) is 13.8 Å². The lowest BCUT2D eigenvalue weighted by molar-refractivity contribution is -0.118. The van der Waals surface area contributed by atoms with Gasteiger partial charge in [-0.3, -0.25) is 4.79 Å². The van der Waals surface area contributed by atoms with Crippen LogP contribution in [0, 0.1) is 0 Å². The number of hydrogen-bond donors (Lipinski definition) is 2. The molecular weight excluding hydrogens is 298 g/mol. The van der Waals surface area contributed by atoms with Crippen LogP contribution < -0.4 is 20.1 Å². The summed E-state index contributed by atoms with van der Waals surface area (Å²) in [5, 5.41) is 5.41. The minimum absolute atomic E-state index is 0.113. The van der Waals surface area contributed by atoms with Gasteiger partial charge in [0.15, 0.2) is 17.6 Å². The van der Waals surface area contributed by atoms with Crippen LogP contribution in [-0.4, -0.2) is 55.7 Å². The van der Waals surface area contributed by atoms with Gasteiger partial charge in [0.05, 0.1) is 6.54 Å². The molecule has 1 aliphatic heterocycles. The predicted molar refractivity (Wildman–Crippen MR) is 85.7 cm³/mol. The van der Waals surface area contributed by atoms with E-state index < -0.39 is 0 Å². The second kappa shape index (κ2) is 8.26. The maximum atomic E-state index is 12.1. The second-order valence-corrected chi connectivity index (χ2v) is 5.25. The van der Waals surface area contributed by atoms with Crippen LogP contribution in [0.15, 0.2) is 24.3 Å². The molecule has 7 nitrogen and oxygen atoms in total. The lowest BCUT2D eigenvalue weighted by atomic mass is 10.2. The minimum atomic E-state index is -0.203. The van der Waals surface area contributed by atoms with Crippen molar-refractivity contribution in [3.63, 3.8) is 0 Å². The number of carbonyl (C=O) groups excluding carboxylic acids is 2. The fourth-order valence-corrected chi connectivity index (χ4v) is 2.27. The SMILES string of the molecule is CCN(CC1COc2ccccc2O1)C(=O)NCCNC(C)=O. The zero-order valence-electron chi connectivity index (χ0n) is 13.5. The zero-order chi connectivity index (χ0) is 16.7. The molecule has 0 spiro atoms. The number of benzene rings is 1. The van der Waals surface area contributed by atoms with E-state index in [1.807, 2.05) is 31.2 Å². The highest BCUT2D eigenvalue weighted by molar-refractivity contribution is 5.74. The van der Waals surface area contributed by atoms with Crippen molar-refractivity contribution < 1.29 is 19.1 Å². The van der Waals surface area contributed by atoms with Gasteiger partial charge in [0, 0.05) is 26.6 Å². The van der Waals surface area contributed by atoms with Crippen molar-refractivity contribution in [1.29, 1.82) is 0 Å². The highest BCUT2D eigenvalue weighted by Gasteiger charge is 2.24. The molecule has 0 bridgehead atoms. The lowest BCUT2D eigenvalue weighted by Gasteiger charge is -2.30. The number of likely N-dealkylation sites (N-methyl/N-ethyl adjacent to an activating group) is 1. The standard InChI is InChI=1S/C16H23N3O4/c1-3-19(16(21)18-9-8-17-12(2)20)10-13-11-22-14-6-4-5-7-15(14)23-13/h4-7,13H,3,8-11H2,1-2H3,(H,17,20)(H,18,21). The van der Waals surface area contributed by atoms with Gasteiger partial charge in [-0.25, -0.2) is 4.79 Å². The van der Waals surface area contributed by atoms with Crippen molar-refractivity contribution in [1.82, 2.24) is 15.5 Å². The van der Waals surface area contributed by atoms with Crippen LogP contribution in [0.3, 0.4) is 0 Å². The van der Waals surface area contributed by atoms with Crippen LogP contribution in [0.25, 0.3) is 0 Å². The van der Waals surface area contributed by atoms with Gasteiger partial charge in [0.25, 0.3) is 0 Å². The third-order valence-electron chi connectivity index (χ3n) is 3.44. The third kappa shape index (κ3) is 5.05. The number of nitrogens with zero attached hydrogens (tertiary/aromatic N) is 1. The average Bonchev–Trinajstić information content (AvgIpc) is 2.56. The predicted octanol–water partition coefficient (Wildman–Crippen LogP) is 0.994. The quantitative estimate of drug-likeness (QED) is 0.766. The van der Waals surface area contributed by atoms with Crippen molar-refractivity contribution in [3.8, 4) is 11.5 Å². The molecule has 0 aliphatic carbocycles. The van der Waals surface area contributed by atoms with Gasteiger partial charge < -0.3 is 25.0 Å². The van der Waals surface area contributed by atoms with Crippen molar-refractivity contribution in [2.24, 2.45) is 0 Å². The first kappa shape index (κ1) is 16.9. The molecule has 3 amide bonds. The van der Waals surface area contributed by atoms with Gasteiger partial charge in [0.1, 0.15) is 6.61 Å². The average molecular weight is 321 g/mol. The van der Waals surface area contributed by atoms with E-state index >= 15 is 0 Å². The summed E-state index contributed by atoms with van der Waals surface area (Å²) in [6.07, 6.45) is -0.203. The zero-order valence-corrected chi connectivity index (χ0v) is 13.5. The van der Waals surface area contributed by atoms with Crippen LogP contribution >= 0.6 is 0 Å². The fourth-order valence-electron chi connectivity index (χ4n) is 2.27. The second-order valence-electron chi connectivity index (χ2n) is 5.25. The molecule has 23 heavy (non-hydrogen) atoms. The topological polar surface area (TPSA) is 79.9 Å². The molecule has 1 aromatic carbocycles. The maximum absolute atomic E-state index is 12.1. The Hall–Kier alpha value is -2.44. The molecule has 1 atom stereocenters. The molecular formula is C16H23N3O4. The third-order valence-corrected chi connectivity index (χ3v) is 3.44. The van der Waals surface area contributed by atoms with Gasteiger partial charge in [-0.2, -0.15) is 0 Å². The molecule has 7 heteroatoms. The smallest absolute Gasteiger partial charge is 0.317 e. The number of rotatable bonds is 6. The first-order valence-electron chi connectivity index (χ1n) is 7.75. The van der Waals surface area contributed by atoms with E-state index in [1.165, 1.54) is 6.92 Å². The van der Waals surface area contributed by atoms with Crippen molar-refractivity contribution in [2.45, 2.75) is 20.0 Å². The van der Waals surface area contributed by atoms with E-state index in [0.717, 1.165) is 5.75 Å². The summed E-state index contributed by atoms with van der Waals surface area (Å²) in [4.78, 5) is 24.6. The molecule has 1 heterocycles. The molecule has 0 fully saturated rings. The summed E-state index contributed by atoms with van der Waals surface area (Å²) >= 11 is 0. The Morgan fingerprint density at radius 1 is 1.22 bits per heavy atom. The van der Waals surface area contributed by atoms with Crippen molar-refractivity contribution in [3.05, 3.63) is 24.3 Å². The van der Waals surface area contributed by atoms with Gasteiger partial charge >= 0.3 is 6.03 Å². The first-order chi connectivity index (χ1) is 11.1. The first-order valence-corrected chi connectivity index (χ1v) is 7.75. The molecule has 1 aliphatic rings. The monoisotopic (exact) mass is 321 g/mol. The Bertz CT molecular complexity index is 550. The van der Waals surface area contributed by atoms with Gasteiger partial charge in [0.2, 0.25) is 5.91 Å². The molecule has 0 saturated heterocycles. The van der Waals surface area contributed by atoms with Crippen molar-refractivity contribution >= 4 is 11.9 Å². The maximum Gasteiger partial charge on any atom is 0.317 e.